The average molecular weight is 448 g/mol. The lowest BCUT2D eigenvalue weighted by Crippen LogP contribution is -2.43. The van der Waals surface area contributed by atoms with Gasteiger partial charge in [-0.05, 0) is 57.6 Å². The van der Waals surface area contributed by atoms with Crippen LogP contribution < -0.4 is 0 Å². The zero-order valence-electron chi connectivity index (χ0n) is 14.9. The molecule has 0 saturated heterocycles. The van der Waals surface area contributed by atoms with Crippen LogP contribution in [0.1, 0.15) is 43.6 Å². The number of rotatable bonds is 4. The molecular weight excluding hydrogens is 426 g/mol. The summed E-state index contributed by atoms with van der Waals surface area (Å²) in [6.07, 6.45) is 0. The van der Waals surface area contributed by atoms with Gasteiger partial charge in [0.25, 0.3) is 5.24 Å². The summed E-state index contributed by atoms with van der Waals surface area (Å²) in [5.41, 5.74) is 0.907. The number of carbonyl (C=O) groups is 2. The number of amides is 1. The van der Waals surface area contributed by atoms with Crippen LogP contribution in [0, 0.1) is 0 Å². The number of nitrogens with zero attached hydrogens (tertiary/aromatic N) is 1. The molecule has 8 heteroatoms. The van der Waals surface area contributed by atoms with Crippen molar-refractivity contribution >= 4 is 55.5 Å². The summed E-state index contributed by atoms with van der Waals surface area (Å²) < 4.78 is 10.8. The van der Waals surface area contributed by atoms with E-state index in [1.165, 1.54) is 7.11 Å². The highest BCUT2D eigenvalue weighted by Gasteiger charge is 2.29. The van der Waals surface area contributed by atoms with Gasteiger partial charge in [-0.3, -0.25) is 4.79 Å². The number of thioether (sulfide) groups is 1. The van der Waals surface area contributed by atoms with Crippen molar-refractivity contribution in [2.24, 2.45) is 0 Å². The zero-order chi connectivity index (χ0) is 19.2. The van der Waals surface area contributed by atoms with Crippen LogP contribution in [0.4, 0.5) is 4.79 Å². The Labute approximate surface area is 166 Å². The highest BCUT2D eigenvalue weighted by atomic mass is 79.9. The van der Waals surface area contributed by atoms with E-state index in [2.05, 4.69) is 15.9 Å². The fourth-order valence-electron chi connectivity index (χ4n) is 1.94. The first kappa shape index (κ1) is 21.9. The first-order valence-corrected chi connectivity index (χ1v) is 9.64. The molecular formula is C17H22BrNO4S2. The van der Waals surface area contributed by atoms with E-state index in [0.29, 0.717) is 18.7 Å². The normalized spacial score (nSPS) is 11.0. The monoisotopic (exact) mass is 447 g/mol. The summed E-state index contributed by atoms with van der Waals surface area (Å²) in [6, 6.07) is 5.16. The number of hydrogen-bond acceptors (Lipinski definition) is 6. The van der Waals surface area contributed by atoms with Crippen LogP contribution >= 0.6 is 39.9 Å². The quantitative estimate of drug-likeness (QED) is 0.477. The van der Waals surface area contributed by atoms with Crippen LogP contribution in [-0.2, 0) is 16.0 Å². The lowest BCUT2D eigenvalue weighted by molar-refractivity contribution is 0.0600. The molecule has 0 saturated carbocycles. The second kappa shape index (κ2) is 9.54. The van der Waals surface area contributed by atoms with Gasteiger partial charge in [-0.15, -0.1) is 0 Å². The molecule has 0 radical (unpaired) electrons. The minimum absolute atomic E-state index is 0.185. The van der Waals surface area contributed by atoms with E-state index in [9.17, 15) is 9.59 Å². The molecule has 1 rings (SSSR count). The van der Waals surface area contributed by atoms with Gasteiger partial charge in [0.1, 0.15) is 0 Å². The van der Waals surface area contributed by atoms with Crippen molar-refractivity contribution in [3.8, 4) is 0 Å². The van der Waals surface area contributed by atoms with Crippen molar-refractivity contribution in [1.29, 1.82) is 0 Å². The van der Waals surface area contributed by atoms with Crippen LogP contribution in [0.25, 0.3) is 0 Å². The molecule has 0 aliphatic carbocycles. The Balaban J connectivity index is 3.02. The van der Waals surface area contributed by atoms with E-state index in [1.54, 1.807) is 23.1 Å². The number of thiocarbonyl (C=S) groups is 1. The largest absolute Gasteiger partial charge is 0.479 e. The van der Waals surface area contributed by atoms with E-state index in [4.69, 9.17) is 21.7 Å². The van der Waals surface area contributed by atoms with Crippen molar-refractivity contribution in [2.75, 3.05) is 13.7 Å². The fraction of sp³-hybridized carbons (Fsp3) is 0.471. The summed E-state index contributed by atoms with van der Waals surface area (Å²) in [5.74, 6) is -0.409. The molecule has 1 aromatic carbocycles. The lowest BCUT2D eigenvalue weighted by Gasteiger charge is -2.35. The Hall–Kier alpha value is -1.12. The van der Waals surface area contributed by atoms with Crippen molar-refractivity contribution in [2.45, 2.75) is 39.8 Å². The van der Waals surface area contributed by atoms with Crippen molar-refractivity contribution in [1.82, 2.24) is 4.90 Å². The molecule has 0 N–H and O–H groups in total. The summed E-state index contributed by atoms with van der Waals surface area (Å²) in [7, 11) is 1.34. The Morgan fingerprint density at radius 3 is 2.44 bits per heavy atom. The third-order valence-corrected chi connectivity index (χ3v) is 5.05. The molecule has 138 valence electrons. The van der Waals surface area contributed by atoms with Crippen LogP contribution in [0.5, 0.6) is 0 Å². The predicted octanol–water partition coefficient (Wildman–Crippen LogP) is 5.01. The summed E-state index contributed by atoms with van der Waals surface area (Å²) >= 11 is 9.42. The Morgan fingerprint density at radius 1 is 1.32 bits per heavy atom. The third-order valence-electron chi connectivity index (χ3n) is 3.27. The first-order valence-electron chi connectivity index (χ1n) is 7.63. The van der Waals surface area contributed by atoms with Crippen LogP contribution in [0.15, 0.2) is 22.7 Å². The van der Waals surface area contributed by atoms with Gasteiger partial charge in [0, 0.05) is 28.3 Å². The maximum Gasteiger partial charge on any atom is 0.337 e. The molecule has 1 amide bonds. The van der Waals surface area contributed by atoms with Gasteiger partial charge in [-0.1, -0.05) is 22.0 Å². The van der Waals surface area contributed by atoms with Gasteiger partial charge in [0.05, 0.1) is 19.3 Å². The highest BCUT2D eigenvalue weighted by molar-refractivity contribution is 9.10. The third kappa shape index (κ3) is 6.60. The van der Waals surface area contributed by atoms with E-state index < -0.39 is 11.5 Å². The standard InChI is InChI=1S/C17H22BrNO4S2/c1-6-23-16(24)25-15(21)19(17(2,3)4)10-12-8-7-11(9-13(12)18)14(20)22-5/h7-9H,6,10H2,1-5H3. The average Bonchev–Trinajstić information content (AvgIpc) is 2.51. The molecule has 0 aliphatic rings. The SMILES string of the molecule is CCOC(=S)SC(=O)N(Cc1ccc(C(=O)OC)cc1Br)C(C)(C)C. The number of esters is 1. The number of methoxy groups -OCH3 is 1. The minimum Gasteiger partial charge on any atom is -0.479 e. The van der Waals surface area contributed by atoms with Gasteiger partial charge in [-0.2, -0.15) is 0 Å². The van der Waals surface area contributed by atoms with Crippen molar-refractivity contribution in [3.63, 3.8) is 0 Å². The zero-order valence-corrected chi connectivity index (χ0v) is 18.1. The molecule has 0 aromatic heterocycles. The number of hydrogen-bond donors (Lipinski definition) is 0. The molecule has 0 atom stereocenters. The Morgan fingerprint density at radius 2 is 1.96 bits per heavy atom. The van der Waals surface area contributed by atoms with E-state index in [-0.39, 0.29) is 9.62 Å². The van der Waals surface area contributed by atoms with Gasteiger partial charge in [0.15, 0.2) is 0 Å². The van der Waals surface area contributed by atoms with Crippen molar-refractivity contribution < 1.29 is 19.1 Å². The number of carbonyl (C=O) groups excluding carboxylic acids is 2. The van der Waals surface area contributed by atoms with E-state index in [0.717, 1.165) is 21.8 Å². The molecule has 0 fully saturated rings. The van der Waals surface area contributed by atoms with Gasteiger partial charge < -0.3 is 14.4 Å². The maximum absolute atomic E-state index is 12.6. The molecule has 0 unspecified atom stereocenters. The smallest absolute Gasteiger partial charge is 0.337 e. The molecule has 25 heavy (non-hydrogen) atoms. The number of ether oxygens (including phenoxy) is 2. The Bertz CT molecular complexity index is 659. The minimum atomic E-state index is -0.410. The molecule has 0 spiro atoms. The molecule has 0 aliphatic heterocycles. The van der Waals surface area contributed by atoms with Gasteiger partial charge in [0.2, 0.25) is 4.38 Å². The molecule has 5 nitrogen and oxygen atoms in total. The molecule has 1 aromatic rings. The number of halogens is 1. The second-order valence-electron chi connectivity index (χ2n) is 6.11. The maximum atomic E-state index is 12.6. The van der Waals surface area contributed by atoms with Crippen LogP contribution in [-0.4, -0.2) is 39.7 Å². The van der Waals surface area contributed by atoms with E-state index >= 15 is 0 Å². The van der Waals surface area contributed by atoms with Gasteiger partial charge in [-0.25, -0.2) is 4.79 Å². The fourth-order valence-corrected chi connectivity index (χ4v) is 3.54. The Kier molecular flexibility index (Phi) is 8.37. The topological polar surface area (TPSA) is 55.8 Å². The van der Waals surface area contributed by atoms with Crippen LogP contribution in [0.3, 0.4) is 0 Å². The molecule has 0 heterocycles. The summed E-state index contributed by atoms with van der Waals surface area (Å²) in [5, 5.41) is -0.185. The summed E-state index contributed by atoms with van der Waals surface area (Å²) in [6.45, 7) is 8.46. The van der Waals surface area contributed by atoms with Crippen LogP contribution in [0.2, 0.25) is 0 Å². The predicted molar refractivity (Wildman–Crippen MR) is 108 cm³/mol. The van der Waals surface area contributed by atoms with E-state index in [1.807, 2.05) is 27.7 Å². The lowest BCUT2D eigenvalue weighted by atomic mass is 10.0. The second-order valence-corrected chi connectivity index (χ2v) is 8.51. The highest BCUT2D eigenvalue weighted by Crippen LogP contribution is 2.27. The number of benzene rings is 1. The van der Waals surface area contributed by atoms with Gasteiger partial charge >= 0.3 is 5.97 Å². The summed E-state index contributed by atoms with van der Waals surface area (Å²) in [4.78, 5) is 26.0. The first-order chi connectivity index (χ1) is 11.6. The molecule has 0 bridgehead atoms. The van der Waals surface area contributed by atoms with Crippen molar-refractivity contribution in [3.05, 3.63) is 33.8 Å².